The van der Waals surface area contributed by atoms with Gasteiger partial charge in [0.1, 0.15) is 17.9 Å². The average molecular weight is 531 g/mol. The highest BCUT2D eigenvalue weighted by Crippen LogP contribution is 2.22. The van der Waals surface area contributed by atoms with Crippen LogP contribution in [-0.4, -0.2) is 53.9 Å². The van der Waals surface area contributed by atoms with Crippen LogP contribution in [0.15, 0.2) is 47.9 Å². The number of fused-ring (bicyclic) bond motifs is 2. The van der Waals surface area contributed by atoms with Crippen molar-refractivity contribution in [1.82, 2.24) is 34.8 Å². The molecular formula is C23H14F5N7O3. The van der Waals surface area contributed by atoms with E-state index in [2.05, 4.69) is 24.9 Å². The van der Waals surface area contributed by atoms with Crippen LogP contribution in [0.5, 0.6) is 0 Å². The SMILES string of the molecule is O=C(NCC(F)(F)F)c1cnc2nc(Cn3ccc4c(C(=O)c5c(F)cncc5F)c[nH]c4c3=O)[nH]c2c1. The molecule has 5 rings (SSSR count). The van der Waals surface area contributed by atoms with Gasteiger partial charge in [0.15, 0.2) is 17.3 Å². The van der Waals surface area contributed by atoms with E-state index in [0.717, 1.165) is 6.20 Å². The molecule has 0 fully saturated rings. The lowest BCUT2D eigenvalue weighted by molar-refractivity contribution is -0.123. The summed E-state index contributed by atoms with van der Waals surface area (Å²) in [6.07, 6.45) is 0.445. The minimum absolute atomic E-state index is 0.00332. The molecule has 0 bridgehead atoms. The van der Waals surface area contributed by atoms with Crippen molar-refractivity contribution in [1.29, 1.82) is 0 Å². The van der Waals surface area contributed by atoms with E-state index in [4.69, 9.17) is 0 Å². The van der Waals surface area contributed by atoms with Crippen LogP contribution in [0.4, 0.5) is 22.0 Å². The summed E-state index contributed by atoms with van der Waals surface area (Å²) in [6, 6.07) is 2.69. The maximum atomic E-state index is 14.0. The molecule has 3 N–H and O–H groups in total. The van der Waals surface area contributed by atoms with Crippen LogP contribution >= 0.6 is 0 Å². The Kier molecular flexibility index (Phi) is 5.97. The summed E-state index contributed by atoms with van der Waals surface area (Å²) in [5, 5.41) is 1.89. The zero-order valence-electron chi connectivity index (χ0n) is 18.9. The maximum Gasteiger partial charge on any atom is 0.405 e. The molecule has 0 saturated carbocycles. The van der Waals surface area contributed by atoms with Crippen molar-refractivity contribution < 1.29 is 31.5 Å². The summed E-state index contributed by atoms with van der Waals surface area (Å²) in [7, 11) is 0. The van der Waals surface area contributed by atoms with Gasteiger partial charge in [0.05, 0.1) is 35.6 Å². The van der Waals surface area contributed by atoms with Crippen LogP contribution in [0.25, 0.3) is 22.1 Å². The van der Waals surface area contributed by atoms with Gasteiger partial charge in [0.25, 0.3) is 11.5 Å². The third-order valence-electron chi connectivity index (χ3n) is 5.56. The van der Waals surface area contributed by atoms with Crippen LogP contribution in [0.3, 0.4) is 0 Å². The molecule has 1 amide bonds. The monoisotopic (exact) mass is 531 g/mol. The van der Waals surface area contributed by atoms with Crippen molar-refractivity contribution in [2.24, 2.45) is 0 Å². The first-order valence-corrected chi connectivity index (χ1v) is 10.8. The van der Waals surface area contributed by atoms with E-state index in [1.165, 1.54) is 29.1 Å². The van der Waals surface area contributed by atoms with E-state index >= 15 is 0 Å². The van der Waals surface area contributed by atoms with Crippen molar-refractivity contribution >= 4 is 33.8 Å². The topological polar surface area (TPSA) is 138 Å². The Morgan fingerprint density at radius 2 is 1.84 bits per heavy atom. The largest absolute Gasteiger partial charge is 0.405 e. The van der Waals surface area contributed by atoms with Gasteiger partial charge < -0.3 is 19.9 Å². The van der Waals surface area contributed by atoms with E-state index in [-0.39, 0.29) is 45.6 Å². The van der Waals surface area contributed by atoms with Gasteiger partial charge in [-0.25, -0.2) is 18.7 Å². The molecule has 5 heterocycles. The highest BCUT2D eigenvalue weighted by Gasteiger charge is 2.28. The van der Waals surface area contributed by atoms with Gasteiger partial charge >= 0.3 is 6.18 Å². The number of nitrogens with zero attached hydrogens (tertiary/aromatic N) is 4. The second-order valence-corrected chi connectivity index (χ2v) is 8.12. The number of amides is 1. The zero-order chi connectivity index (χ0) is 27.2. The van der Waals surface area contributed by atoms with Gasteiger partial charge in [0, 0.05) is 29.5 Å². The molecule has 0 radical (unpaired) electrons. The van der Waals surface area contributed by atoms with E-state index in [1.807, 2.05) is 0 Å². The molecule has 0 aliphatic heterocycles. The number of H-pyrrole nitrogens is 2. The van der Waals surface area contributed by atoms with Gasteiger partial charge in [-0.1, -0.05) is 0 Å². The Morgan fingerprint density at radius 1 is 1.11 bits per heavy atom. The first-order chi connectivity index (χ1) is 18.0. The van der Waals surface area contributed by atoms with Crippen molar-refractivity contribution in [3.8, 4) is 0 Å². The molecule has 0 aliphatic carbocycles. The Balaban J connectivity index is 1.41. The van der Waals surface area contributed by atoms with Crippen molar-refractivity contribution in [3.63, 3.8) is 0 Å². The number of alkyl halides is 3. The van der Waals surface area contributed by atoms with Gasteiger partial charge in [-0.3, -0.25) is 19.4 Å². The fourth-order valence-electron chi connectivity index (χ4n) is 3.83. The fraction of sp³-hybridized carbons (Fsp3) is 0.130. The summed E-state index contributed by atoms with van der Waals surface area (Å²) in [5.41, 5.74) is -1.19. The van der Waals surface area contributed by atoms with Crippen molar-refractivity contribution in [3.05, 3.63) is 87.6 Å². The second-order valence-electron chi connectivity index (χ2n) is 8.12. The highest BCUT2D eigenvalue weighted by molar-refractivity contribution is 6.16. The Labute approximate surface area is 207 Å². The van der Waals surface area contributed by atoms with Crippen LogP contribution in [0.1, 0.15) is 32.1 Å². The highest BCUT2D eigenvalue weighted by atomic mass is 19.4. The molecule has 0 aromatic carbocycles. The molecular weight excluding hydrogens is 517 g/mol. The van der Waals surface area contributed by atoms with Gasteiger partial charge in [0.2, 0.25) is 5.78 Å². The second kappa shape index (κ2) is 9.17. The van der Waals surface area contributed by atoms with Crippen LogP contribution in [0, 0.1) is 11.6 Å². The van der Waals surface area contributed by atoms with Crippen LogP contribution < -0.4 is 10.9 Å². The zero-order valence-corrected chi connectivity index (χ0v) is 18.9. The van der Waals surface area contributed by atoms with E-state index in [9.17, 15) is 36.3 Å². The standard InChI is InChI=1S/C23H14F5N7O3/c24-13-6-29-7-14(25)17(13)19(36)12-5-30-18-11(12)1-2-35(22(18)38)8-16-33-15-3-10(4-31-20(15)34-16)21(37)32-9-23(26,27)28/h1-7,30H,8-9H2,(H,32,37)(H,31,33,34). The summed E-state index contributed by atoms with van der Waals surface area (Å²) >= 11 is 0. The predicted molar refractivity (Wildman–Crippen MR) is 122 cm³/mol. The molecule has 0 atom stereocenters. The smallest absolute Gasteiger partial charge is 0.356 e. The molecule has 15 heteroatoms. The number of hydrogen-bond donors (Lipinski definition) is 3. The third-order valence-corrected chi connectivity index (χ3v) is 5.56. The number of carbonyl (C=O) groups is 2. The van der Waals surface area contributed by atoms with Crippen molar-refractivity contribution in [2.75, 3.05) is 6.54 Å². The van der Waals surface area contributed by atoms with Gasteiger partial charge in [-0.05, 0) is 12.1 Å². The normalized spacial score (nSPS) is 11.8. The lowest BCUT2D eigenvalue weighted by Crippen LogP contribution is -2.33. The number of halogens is 5. The number of aromatic amines is 2. The quantitative estimate of drug-likeness (QED) is 0.228. The number of aromatic nitrogens is 6. The number of carbonyl (C=O) groups excluding carboxylic acids is 2. The maximum absolute atomic E-state index is 14.0. The first-order valence-electron chi connectivity index (χ1n) is 10.8. The van der Waals surface area contributed by atoms with E-state index < -0.39 is 47.2 Å². The summed E-state index contributed by atoms with van der Waals surface area (Å²) in [4.78, 5) is 54.8. The molecule has 0 aliphatic rings. The van der Waals surface area contributed by atoms with E-state index in [0.29, 0.717) is 12.4 Å². The summed E-state index contributed by atoms with van der Waals surface area (Å²) in [5.74, 6) is -3.98. The molecule has 194 valence electrons. The number of imidazole rings is 1. The third kappa shape index (κ3) is 4.60. The minimum Gasteiger partial charge on any atom is -0.356 e. The number of pyridine rings is 3. The van der Waals surface area contributed by atoms with Crippen molar-refractivity contribution in [2.45, 2.75) is 12.7 Å². The molecule has 5 aromatic rings. The lowest BCUT2D eigenvalue weighted by atomic mass is 10.0. The van der Waals surface area contributed by atoms with Gasteiger partial charge in [-0.15, -0.1) is 0 Å². The average Bonchev–Trinajstić information content (AvgIpc) is 3.47. The molecule has 5 aromatic heterocycles. The van der Waals surface area contributed by atoms with Crippen LogP contribution in [-0.2, 0) is 6.54 Å². The van der Waals surface area contributed by atoms with Gasteiger partial charge in [-0.2, -0.15) is 13.2 Å². The number of ketones is 1. The number of hydrogen-bond acceptors (Lipinski definition) is 6. The predicted octanol–water partition coefficient (Wildman–Crippen LogP) is 2.85. The Morgan fingerprint density at radius 3 is 2.55 bits per heavy atom. The lowest BCUT2D eigenvalue weighted by Gasteiger charge is -2.07. The fourth-order valence-corrected chi connectivity index (χ4v) is 3.83. The minimum atomic E-state index is -4.57. The molecule has 0 unspecified atom stereocenters. The number of rotatable bonds is 6. The Hall–Kier alpha value is -4.95. The summed E-state index contributed by atoms with van der Waals surface area (Å²) < 4.78 is 66.4. The summed E-state index contributed by atoms with van der Waals surface area (Å²) in [6.45, 7) is -1.60. The molecule has 0 spiro atoms. The molecule has 10 nitrogen and oxygen atoms in total. The Bertz CT molecular complexity index is 1770. The van der Waals surface area contributed by atoms with Crippen LogP contribution in [0.2, 0.25) is 0 Å². The molecule has 0 saturated heterocycles. The first kappa shape index (κ1) is 24.7. The van der Waals surface area contributed by atoms with E-state index in [1.54, 1.807) is 5.32 Å². The molecule has 38 heavy (non-hydrogen) atoms. The number of nitrogens with one attached hydrogen (secondary N) is 3.